The molecule has 0 saturated carbocycles. The molecule has 0 aliphatic rings. The van der Waals surface area contributed by atoms with Crippen LogP contribution in [0.1, 0.15) is 19.3 Å². The molecule has 0 aliphatic heterocycles. The Kier molecular flexibility index (Phi) is 9.81. The van der Waals surface area contributed by atoms with E-state index in [1.807, 2.05) is 0 Å². The number of unbranched alkanes of at least 4 members (excludes halogenated alkanes) is 1. The van der Waals surface area contributed by atoms with Crippen molar-refractivity contribution in [2.24, 2.45) is 11.5 Å². The van der Waals surface area contributed by atoms with Gasteiger partial charge in [-0.1, -0.05) is 6.42 Å². The molecule has 0 aliphatic carbocycles. The average molecular weight is 324 g/mol. The van der Waals surface area contributed by atoms with E-state index in [0.717, 1.165) is 0 Å². The molecule has 0 bridgehead atoms. The van der Waals surface area contributed by atoms with E-state index in [-0.39, 0.29) is 6.42 Å². The van der Waals surface area contributed by atoms with Crippen LogP contribution in [0.2, 0.25) is 0 Å². The molecule has 0 aromatic carbocycles. The Hall–Kier alpha value is -1.30. The number of aliphatic hydroxyl groups is 4. The Balaban J connectivity index is 4.69. The fourth-order valence-corrected chi connectivity index (χ4v) is 1.62. The first kappa shape index (κ1) is 20.7. The highest BCUT2D eigenvalue weighted by molar-refractivity contribution is 5.81. The molecule has 5 atom stereocenters. The molecule has 0 spiro atoms. The molecule has 9 N–H and O–H groups in total. The number of nitrogens with two attached hydrogens (primary N) is 2. The first-order chi connectivity index (χ1) is 10.3. The van der Waals surface area contributed by atoms with Gasteiger partial charge in [0, 0.05) is 0 Å². The number of aliphatic carboxylic acids is 1. The predicted molar refractivity (Wildman–Crippen MR) is 73.5 cm³/mol. The standard InChI is InChI=1S/C12H24N2O8/c13-4-2-1-3-6(14)12(21)22-10(11(19)20)9(18)8(17)7(16)5-15/h6-10,15-18H,1-5,13-14H2,(H,19,20)/t6-,7-,8-,9+,10-/m1/s1. The van der Waals surface area contributed by atoms with Gasteiger partial charge < -0.3 is 41.7 Å². The summed E-state index contributed by atoms with van der Waals surface area (Å²) >= 11 is 0. The Bertz CT molecular complexity index is 354. The van der Waals surface area contributed by atoms with E-state index in [4.69, 9.17) is 21.7 Å². The molecular weight excluding hydrogens is 300 g/mol. The molecule has 0 radical (unpaired) electrons. The van der Waals surface area contributed by atoms with Gasteiger partial charge in [-0.25, -0.2) is 4.79 Å². The Labute approximate surface area is 127 Å². The number of ether oxygens (including phenoxy) is 1. The van der Waals surface area contributed by atoms with E-state index in [1.54, 1.807) is 0 Å². The van der Waals surface area contributed by atoms with Crippen molar-refractivity contribution in [1.29, 1.82) is 0 Å². The van der Waals surface area contributed by atoms with E-state index in [9.17, 15) is 24.9 Å². The maximum absolute atomic E-state index is 11.7. The largest absolute Gasteiger partial charge is 0.478 e. The molecule has 0 saturated heterocycles. The Morgan fingerprint density at radius 2 is 1.68 bits per heavy atom. The van der Waals surface area contributed by atoms with E-state index in [1.165, 1.54) is 0 Å². The lowest BCUT2D eigenvalue weighted by Crippen LogP contribution is -2.51. The van der Waals surface area contributed by atoms with Gasteiger partial charge in [0.2, 0.25) is 6.10 Å². The number of hydrogen-bond donors (Lipinski definition) is 7. The topological polar surface area (TPSA) is 197 Å². The van der Waals surface area contributed by atoms with Gasteiger partial charge in [0.25, 0.3) is 0 Å². The number of rotatable bonds is 11. The first-order valence-electron chi connectivity index (χ1n) is 6.80. The second kappa shape index (κ2) is 10.4. The Morgan fingerprint density at radius 3 is 2.14 bits per heavy atom. The van der Waals surface area contributed by atoms with Crippen LogP contribution in [0.25, 0.3) is 0 Å². The third-order valence-corrected chi connectivity index (χ3v) is 3.00. The molecule has 0 aromatic rings. The van der Waals surface area contributed by atoms with Crippen molar-refractivity contribution in [2.75, 3.05) is 13.2 Å². The highest BCUT2D eigenvalue weighted by Gasteiger charge is 2.39. The van der Waals surface area contributed by atoms with Crippen molar-refractivity contribution in [3.05, 3.63) is 0 Å². The molecule has 10 nitrogen and oxygen atoms in total. The smallest absolute Gasteiger partial charge is 0.347 e. The number of carboxylic acids is 1. The van der Waals surface area contributed by atoms with Crippen LogP contribution < -0.4 is 11.5 Å². The molecule has 22 heavy (non-hydrogen) atoms. The summed E-state index contributed by atoms with van der Waals surface area (Å²) in [5, 5.41) is 45.9. The lowest BCUT2D eigenvalue weighted by atomic mass is 10.0. The maximum Gasteiger partial charge on any atom is 0.347 e. The molecule has 0 heterocycles. The number of hydrogen-bond acceptors (Lipinski definition) is 9. The molecule has 0 amide bonds. The molecule has 130 valence electrons. The fraction of sp³-hybridized carbons (Fsp3) is 0.833. The summed E-state index contributed by atoms with van der Waals surface area (Å²) < 4.78 is 4.58. The molecular formula is C12H24N2O8. The minimum atomic E-state index is -2.13. The second-order valence-electron chi connectivity index (χ2n) is 4.82. The van der Waals surface area contributed by atoms with Gasteiger partial charge in [0.15, 0.2) is 0 Å². The highest BCUT2D eigenvalue weighted by Crippen LogP contribution is 2.11. The zero-order valence-corrected chi connectivity index (χ0v) is 12.0. The van der Waals surface area contributed by atoms with Gasteiger partial charge in [-0.3, -0.25) is 4.79 Å². The second-order valence-corrected chi connectivity index (χ2v) is 4.82. The number of carbonyl (C=O) groups is 2. The minimum Gasteiger partial charge on any atom is -0.478 e. The lowest BCUT2D eigenvalue weighted by molar-refractivity contribution is -0.183. The molecule has 0 rings (SSSR count). The summed E-state index contributed by atoms with van der Waals surface area (Å²) in [6, 6.07) is -1.10. The molecule has 0 aromatic heterocycles. The van der Waals surface area contributed by atoms with Crippen LogP contribution >= 0.6 is 0 Å². The monoisotopic (exact) mass is 324 g/mol. The van der Waals surface area contributed by atoms with Gasteiger partial charge >= 0.3 is 11.9 Å². The maximum atomic E-state index is 11.7. The highest BCUT2D eigenvalue weighted by atomic mass is 16.6. The zero-order chi connectivity index (χ0) is 17.3. The van der Waals surface area contributed by atoms with E-state index >= 15 is 0 Å². The van der Waals surface area contributed by atoms with Gasteiger partial charge in [0.05, 0.1) is 6.61 Å². The van der Waals surface area contributed by atoms with E-state index in [2.05, 4.69) is 4.74 Å². The Morgan fingerprint density at radius 1 is 1.09 bits per heavy atom. The summed E-state index contributed by atoms with van der Waals surface area (Å²) in [6.45, 7) is -0.486. The molecule has 0 unspecified atom stereocenters. The van der Waals surface area contributed by atoms with Crippen LogP contribution in [-0.2, 0) is 14.3 Å². The summed E-state index contributed by atoms with van der Waals surface area (Å²) in [7, 11) is 0. The van der Waals surface area contributed by atoms with Gasteiger partial charge in [-0.05, 0) is 19.4 Å². The third kappa shape index (κ3) is 6.64. The fourth-order valence-electron chi connectivity index (χ4n) is 1.62. The molecule has 10 heteroatoms. The predicted octanol–water partition coefficient (Wildman–Crippen LogP) is -3.49. The summed E-state index contributed by atoms with van der Waals surface area (Å²) in [5.41, 5.74) is 10.8. The van der Waals surface area contributed by atoms with Gasteiger partial charge in [0.1, 0.15) is 24.4 Å². The number of carboxylic acid groups (broad SMARTS) is 1. The number of aliphatic hydroxyl groups excluding tert-OH is 4. The minimum absolute atomic E-state index is 0.223. The van der Waals surface area contributed by atoms with Crippen molar-refractivity contribution >= 4 is 11.9 Å². The van der Waals surface area contributed by atoms with Crippen LogP contribution in [0.3, 0.4) is 0 Å². The number of carbonyl (C=O) groups excluding carboxylic acids is 1. The normalized spacial score (nSPS) is 18.1. The van der Waals surface area contributed by atoms with Gasteiger partial charge in [-0.2, -0.15) is 0 Å². The van der Waals surface area contributed by atoms with Crippen molar-refractivity contribution in [2.45, 2.75) is 49.7 Å². The molecule has 0 fully saturated rings. The first-order valence-corrected chi connectivity index (χ1v) is 6.80. The lowest BCUT2D eigenvalue weighted by Gasteiger charge is -2.26. The van der Waals surface area contributed by atoms with Crippen molar-refractivity contribution in [3.63, 3.8) is 0 Å². The van der Waals surface area contributed by atoms with Crippen molar-refractivity contribution < 1.29 is 39.9 Å². The van der Waals surface area contributed by atoms with Crippen LogP contribution in [0.5, 0.6) is 0 Å². The van der Waals surface area contributed by atoms with E-state index < -0.39 is 49.0 Å². The van der Waals surface area contributed by atoms with Crippen LogP contribution in [0.4, 0.5) is 0 Å². The summed E-state index contributed by atoms with van der Waals surface area (Å²) in [5.74, 6) is -2.78. The van der Waals surface area contributed by atoms with Crippen molar-refractivity contribution in [3.8, 4) is 0 Å². The quantitative estimate of drug-likeness (QED) is 0.148. The number of esters is 1. The third-order valence-electron chi connectivity index (χ3n) is 3.00. The summed E-state index contributed by atoms with van der Waals surface area (Å²) in [6.07, 6.45) is -6.64. The van der Waals surface area contributed by atoms with Crippen molar-refractivity contribution in [1.82, 2.24) is 0 Å². The van der Waals surface area contributed by atoms with Crippen LogP contribution in [0.15, 0.2) is 0 Å². The van der Waals surface area contributed by atoms with Crippen LogP contribution in [0, 0.1) is 0 Å². The van der Waals surface area contributed by atoms with E-state index in [0.29, 0.717) is 19.4 Å². The summed E-state index contributed by atoms with van der Waals surface area (Å²) in [4.78, 5) is 22.7. The zero-order valence-electron chi connectivity index (χ0n) is 12.0. The SMILES string of the molecule is NCCCC[C@@H](N)C(=O)O[C@@H](C(=O)O)[C@@H](O)[C@H](O)[C@H](O)CO. The average Bonchev–Trinajstić information content (AvgIpc) is 2.49. The van der Waals surface area contributed by atoms with Gasteiger partial charge in [-0.15, -0.1) is 0 Å². The van der Waals surface area contributed by atoms with Crippen LogP contribution in [-0.4, -0.2) is 81.1 Å².